The second-order valence-electron chi connectivity index (χ2n) is 8.04. The standard InChI is InChI=1S/C24H30N4O2/c1-3-19(2)23-18-28(24(29)30-23)16-20-7-9-22(10-8-20)27-14-12-26(13-15-27)17-21-6-4-5-11-25-21/h3-11,23H,12-18H2,1-2H3/b19-3+. The van der Waals surface area contributed by atoms with Gasteiger partial charge in [0.25, 0.3) is 0 Å². The molecule has 1 unspecified atom stereocenters. The van der Waals surface area contributed by atoms with E-state index >= 15 is 0 Å². The molecule has 30 heavy (non-hydrogen) atoms. The fourth-order valence-electron chi connectivity index (χ4n) is 3.98. The van der Waals surface area contributed by atoms with Gasteiger partial charge in [-0.05, 0) is 49.2 Å². The predicted molar refractivity (Wildman–Crippen MR) is 118 cm³/mol. The summed E-state index contributed by atoms with van der Waals surface area (Å²) in [6.07, 6.45) is 3.52. The minimum Gasteiger partial charge on any atom is -0.440 e. The lowest BCUT2D eigenvalue weighted by atomic mass is 10.1. The third-order valence-corrected chi connectivity index (χ3v) is 6.01. The number of carbonyl (C=O) groups is 1. The highest BCUT2D eigenvalue weighted by Crippen LogP contribution is 2.22. The number of pyridine rings is 1. The second kappa shape index (κ2) is 9.30. The first-order chi connectivity index (χ1) is 14.6. The largest absolute Gasteiger partial charge is 0.440 e. The van der Waals surface area contributed by atoms with E-state index in [2.05, 4.69) is 45.1 Å². The lowest BCUT2D eigenvalue weighted by molar-refractivity contribution is 0.142. The Labute approximate surface area is 178 Å². The Hall–Kier alpha value is -2.86. The average Bonchev–Trinajstić information content (AvgIpc) is 3.15. The number of hydrogen-bond acceptors (Lipinski definition) is 5. The molecule has 2 aromatic rings. The molecule has 0 radical (unpaired) electrons. The molecule has 1 atom stereocenters. The summed E-state index contributed by atoms with van der Waals surface area (Å²) >= 11 is 0. The third-order valence-electron chi connectivity index (χ3n) is 6.01. The van der Waals surface area contributed by atoms with E-state index in [0.717, 1.165) is 49.6 Å². The summed E-state index contributed by atoms with van der Waals surface area (Å²) in [6.45, 7) is 10.2. The maximum absolute atomic E-state index is 12.1. The molecule has 0 saturated carbocycles. The summed E-state index contributed by atoms with van der Waals surface area (Å²) in [5.74, 6) is 0. The topological polar surface area (TPSA) is 48.9 Å². The van der Waals surface area contributed by atoms with E-state index in [1.165, 1.54) is 5.69 Å². The number of benzene rings is 1. The second-order valence-corrected chi connectivity index (χ2v) is 8.04. The Kier molecular flexibility index (Phi) is 6.33. The lowest BCUT2D eigenvalue weighted by Gasteiger charge is -2.36. The fourth-order valence-corrected chi connectivity index (χ4v) is 3.98. The number of rotatable bonds is 6. The first-order valence-electron chi connectivity index (χ1n) is 10.7. The summed E-state index contributed by atoms with van der Waals surface area (Å²) in [4.78, 5) is 23.2. The maximum atomic E-state index is 12.1. The number of piperazine rings is 1. The molecule has 2 aliphatic heterocycles. The Balaban J connectivity index is 1.29. The van der Waals surface area contributed by atoms with E-state index in [1.54, 1.807) is 4.90 Å². The zero-order valence-corrected chi connectivity index (χ0v) is 17.8. The van der Waals surface area contributed by atoms with Crippen molar-refractivity contribution in [1.29, 1.82) is 0 Å². The number of aromatic nitrogens is 1. The van der Waals surface area contributed by atoms with Gasteiger partial charge in [-0.1, -0.05) is 24.3 Å². The quantitative estimate of drug-likeness (QED) is 0.685. The van der Waals surface area contributed by atoms with Crippen molar-refractivity contribution in [1.82, 2.24) is 14.8 Å². The van der Waals surface area contributed by atoms with Crippen LogP contribution in [0.2, 0.25) is 0 Å². The number of allylic oxidation sites excluding steroid dienone is 1. The van der Waals surface area contributed by atoms with Gasteiger partial charge in [-0.15, -0.1) is 0 Å². The van der Waals surface area contributed by atoms with Gasteiger partial charge in [-0.2, -0.15) is 0 Å². The molecule has 2 aliphatic rings. The van der Waals surface area contributed by atoms with E-state index < -0.39 is 0 Å². The molecule has 6 heteroatoms. The van der Waals surface area contributed by atoms with Gasteiger partial charge < -0.3 is 9.64 Å². The molecule has 0 spiro atoms. The molecule has 2 fully saturated rings. The highest BCUT2D eigenvalue weighted by atomic mass is 16.6. The summed E-state index contributed by atoms with van der Waals surface area (Å²) in [5, 5.41) is 0. The molecular formula is C24H30N4O2. The van der Waals surface area contributed by atoms with Crippen molar-refractivity contribution in [2.75, 3.05) is 37.6 Å². The molecule has 0 N–H and O–H groups in total. The Morgan fingerprint density at radius 3 is 2.53 bits per heavy atom. The first kappa shape index (κ1) is 20.4. The van der Waals surface area contributed by atoms with Gasteiger partial charge in [0.1, 0.15) is 6.10 Å². The molecule has 1 aromatic carbocycles. The smallest absolute Gasteiger partial charge is 0.410 e. The minimum atomic E-state index is -0.227. The monoisotopic (exact) mass is 406 g/mol. The molecule has 1 aromatic heterocycles. The summed E-state index contributed by atoms with van der Waals surface area (Å²) in [7, 11) is 0. The van der Waals surface area contributed by atoms with Crippen molar-refractivity contribution in [3.05, 3.63) is 71.6 Å². The summed E-state index contributed by atoms with van der Waals surface area (Å²) < 4.78 is 5.47. The van der Waals surface area contributed by atoms with Crippen LogP contribution in [0.3, 0.4) is 0 Å². The van der Waals surface area contributed by atoms with Gasteiger partial charge in [-0.3, -0.25) is 14.8 Å². The number of amides is 1. The zero-order chi connectivity index (χ0) is 20.9. The molecule has 158 valence electrons. The van der Waals surface area contributed by atoms with Gasteiger partial charge in [-0.25, -0.2) is 4.79 Å². The van der Waals surface area contributed by atoms with E-state index in [-0.39, 0.29) is 12.2 Å². The Morgan fingerprint density at radius 1 is 1.10 bits per heavy atom. The highest BCUT2D eigenvalue weighted by molar-refractivity contribution is 5.70. The number of anilines is 1. The van der Waals surface area contributed by atoms with Crippen LogP contribution in [0.25, 0.3) is 0 Å². The van der Waals surface area contributed by atoms with E-state index in [0.29, 0.717) is 13.1 Å². The Bertz CT molecular complexity index is 874. The summed E-state index contributed by atoms with van der Waals surface area (Å²) in [6, 6.07) is 14.7. The van der Waals surface area contributed by atoms with Crippen molar-refractivity contribution in [2.24, 2.45) is 0 Å². The van der Waals surface area contributed by atoms with Crippen LogP contribution in [-0.2, 0) is 17.8 Å². The average molecular weight is 407 g/mol. The number of nitrogens with zero attached hydrogens (tertiary/aromatic N) is 4. The summed E-state index contributed by atoms with van der Waals surface area (Å²) in [5.41, 5.74) is 4.59. The molecule has 1 amide bonds. The normalized spacial score (nSPS) is 20.5. The first-order valence-corrected chi connectivity index (χ1v) is 10.7. The van der Waals surface area contributed by atoms with Crippen molar-refractivity contribution in [2.45, 2.75) is 33.0 Å². The van der Waals surface area contributed by atoms with Gasteiger partial charge in [0.05, 0.1) is 12.2 Å². The molecule has 0 bridgehead atoms. The van der Waals surface area contributed by atoms with Crippen molar-refractivity contribution in [3.63, 3.8) is 0 Å². The van der Waals surface area contributed by atoms with Crippen LogP contribution < -0.4 is 4.90 Å². The van der Waals surface area contributed by atoms with Crippen LogP contribution in [-0.4, -0.2) is 59.7 Å². The van der Waals surface area contributed by atoms with Crippen molar-refractivity contribution in [3.8, 4) is 0 Å². The van der Waals surface area contributed by atoms with Gasteiger partial charge in [0, 0.05) is 51.2 Å². The SMILES string of the molecule is C/C=C(\C)C1CN(Cc2ccc(N3CCN(Cc4ccccn4)CC3)cc2)C(=O)O1. The molecule has 4 rings (SSSR count). The predicted octanol–water partition coefficient (Wildman–Crippen LogP) is 3.69. The zero-order valence-electron chi connectivity index (χ0n) is 17.8. The van der Waals surface area contributed by atoms with E-state index in [4.69, 9.17) is 4.74 Å². The fraction of sp³-hybridized carbons (Fsp3) is 0.417. The number of cyclic esters (lactones) is 1. The molecule has 2 saturated heterocycles. The number of ether oxygens (including phenoxy) is 1. The van der Waals surface area contributed by atoms with Crippen molar-refractivity contribution >= 4 is 11.8 Å². The van der Waals surface area contributed by atoms with E-state index in [1.807, 2.05) is 38.3 Å². The number of hydrogen-bond donors (Lipinski definition) is 0. The van der Waals surface area contributed by atoms with Crippen LogP contribution in [0.1, 0.15) is 25.1 Å². The Morgan fingerprint density at radius 2 is 1.87 bits per heavy atom. The number of carbonyl (C=O) groups excluding carboxylic acids is 1. The van der Waals surface area contributed by atoms with Gasteiger partial charge in [0.15, 0.2) is 0 Å². The van der Waals surface area contributed by atoms with Crippen LogP contribution in [0, 0.1) is 0 Å². The van der Waals surface area contributed by atoms with Crippen LogP contribution in [0.5, 0.6) is 0 Å². The van der Waals surface area contributed by atoms with Gasteiger partial charge in [0.2, 0.25) is 0 Å². The lowest BCUT2D eigenvalue weighted by Crippen LogP contribution is -2.46. The van der Waals surface area contributed by atoms with Gasteiger partial charge >= 0.3 is 6.09 Å². The van der Waals surface area contributed by atoms with Crippen LogP contribution >= 0.6 is 0 Å². The third kappa shape index (κ3) is 4.82. The molecule has 3 heterocycles. The molecule has 0 aliphatic carbocycles. The van der Waals surface area contributed by atoms with Crippen LogP contribution in [0.4, 0.5) is 10.5 Å². The van der Waals surface area contributed by atoms with Crippen molar-refractivity contribution < 1.29 is 9.53 Å². The maximum Gasteiger partial charge on any atom is 0.410 e. The molecule has 6 nitrogen and oxygen atoms in total. The molecular weight excluding hydrogens is 376 g/mol. The van der Waals surface area contributed by atoms with Crippen LogP contribution in [0.15, 0.2) is 60.3 Å². The van der Waals surface area contributed by atoms with E-state index in [9.17, 15) is 4.79 Å². The highest BCUT2D eigenvalue weighted by Gasteiger charge is 2.31. The minimum absolute atomic E-state index is 0.121.